The van der Waals surface area contributed by atoms with E-state index in [1.54, 1.807) is 11.8 Å². The highest BCUT2D eigenvalue weighted by molar-refractivity contribution is 7.99. The smallest absolute Gasteiger partial charge is 0.166 e. The predicted molar refractivity (Wildman–Crippen MR) is 101 cm³/mol. The fourth-order valence-electron chi connectivity index (χ4n) is 2.72. The SMILES string of the molecule is Cc1ccc2nc(SCCOc3ccc4ccccc4c3)[nH]c2c1. The summed E-state index contributed by atoms with van der Waals surface area (Å²) < 4.78 is 5.87. The van der Waals surface area contributed by atoms with Crippen LogP contribution in [0.3, 0.4) is 0 Å². The number of aromatic amines is 1. The van der Waals surface area contributed by atoms with Gasteiger partial charge in [0.15, 0.2) is 5.16 Å². The van der Waals surface area contributed by atoms with Crippen molar-refractivity contribution in [1.29, 1.82) is 0 Å². The molecule has 0 amide bonds. The van der Waals surface area contributed by atoms with Gasteiger partial charge in [-0.25, -0.2) is 4.98 Å². The van der Waals surface area contributed by atoms with Crippen molar-refractivity contribution >= 4 is 33.6 Å². The van der Waals surface area contributed by atoms with Crippen molar-refractivity contribution in [2.75, 3.05) is 12.4 Å². The van der Waals surface area contributed by atoms with Crippen molar-refractivity contribution < 1.29 is 4.74 Å². The van der Waals surface area contributed by atoms with Crippen molar-refractivity contribution in [2.45, 2.75) is 12.1 Å². The molecule has 4 heteroatoms. The van der Waals surface area contributed by atoms with Crippen LogP contribution in [0.2, 0.25) is 0 Å². The Balaban J connectivity index is 1.36. The average Bonchev–Trinajstić information content (AvgIpc) is 3.00. The standard InChI is InChI=1S/C20H18N2OS/c1-14-6-9-18-19(12-14)22-20(21-18)24-11-10-23-17-8-7-15-4-2-3-5-16(15)13-17/h2-9,12-13H,10-11H2,1H3,(H,21,22). The lowest BCUT2D eigenvalue weighted by Gasteiger charge is -2.06. The summed E-state index contributed by atoms with van der Waals surface area (Å²) in [6.45, 7) is 2.74. The second kappa shape index (κ2) is 6.57. The number of hydrogen-bond acceptors (Lipinski definition) is 3. The van der Waals surface area contributed by atoms with E-state index in [0.717, 1.165) is 27.7 Å². The molecule has 4 aromatic rings. The molecule has 3 nitrogen and oxygen atoms in total. The number of thioether (sulfide) groups is 1. The molecule has 0 aliphatic carbocycles. The van der Waals surface area contributed by atoms with Gasteiger partial charge >= 0.3 is 0 Å². The van der Waals surface area contributed by atoms with Crippen LogP contribution in [-0.4, -0.2) is 22.3 Å². The van der Waals surface area contributed by atoms with Gasteiger partial charge in [-0.1, -0.05) is 48.2 Å². The van der Waals surface area contributed by atoms with E-state index >= 15 is 0 Å². The van der Waals surface area contributed by atoms with Crippen LogP contribution in [0.1, 0.15) is 5.56 Å². The van der Waals surface area contributed by atoms with E-state index in [9.17, 15) is 0 Å². The van der Waals surface area contributed by atoms with Crippen LogP contribution in [0.25, 0.3) is 21.8 Å². The number of H-pyrrole nitrogens is 1. The second-order valence-corrected chi connectivity index (χ2v) is 6.85. The van der Waals surface area contributed by atoms with E-state index in [1.165, 1.54) is 16.3 Å². The Kier molecular flexibility index (Phi) is 4.13. The zero-order valence-corrected chi connectivity index (χ0v) is 14.3. The summed E-state index contributed by atoms with van der Waals surface area (Å²) in [5, 5.41) is 3.38. The lowest BCUT2D eigenvalue weighted by atomic mass is 10.1. The zero-order valence-electron chi connectivity index (χ0n) is 13.5. The van der Waals surface area contributed by atoms with Crippen LogP contribution in [0, 0.1) is 6.92 Å². The first-order chi connectivity index (χ1) is 11.8. The van der Waals surface area contributed by atoms with Gasteiger partial charge < -0.3 is 9.72 Å². The molecule has 0 aliphatic rings. The third-order valence-electron chi connectivity index (χ3n) is 3.93. The average molecular weight is 334 g/mol. The van der Waals surface area contributed by atoms with Crippen molar-refractivity contribution in [2.24, 2.45) is 0 Å². The van der Waals surface area contributed by atoms with Crippen molar-refractivity contribution in [3.63, 3.8) is 0 Å². The molecule has 1 N–H and O–H groups in total. The number of hydrogen-bond donors (Lipinski definition) is 1. The number of nitrogens with one attached hydrogen (secondary N) is 1. The fourth-order valence-corrected chi connectivity index (χ4v) is 3.43. The third kappa shape index (κ3) is 3.24. The van der Waals surface area contributed by atoms with Gasteiger partial charge in [-0.05, 0) is 47.5 Å². The van der Waals surface area contributed by atoms with Crippen LogP contribution in [0.4, 0.5) is 0 Å². The largest absolute Gasteiger partial charge is 0.493 e. The summed E-state index contributed by atoms with van der Waals surface area (Å²) in [6.07, 6.45) is 0. The van der Waals surface area contributed by atoms with E-state index in [0.29, 0.717) is 6.61 Å². The Hall–Kier alpha value is -2.46. The first kappa shape index (κ1) is 15.1. The summed E-state index contributed by atoms with van der Waals surface area (Å²) in [6, 6.07) is 20.8. The van der Waals surface area contributed by atoms with Crippen LogP contribution in [0.15, 0.2) is 65.8 Å². The molecule has 0 atom stereocenters. The Morgan fingerprint density at radius 1 is 1.00 bits per heavy atom. The Morgan fingerprint density at radius 3 is 2.79 bits per heavy atom. The van der Waals surface area contributed by atoms with E-state index in [2.05, 4.69) is 59.4 Å². The van der Waals surface area contributed by atoms with Gasteiger partial charge in [0, 0.05) is 5.75 Å². The summed E-state index contributed by atoms with van der Waals surface area (Å²) in [5.74, 6) is 1.76. The van der Waals surface area contributed by atoms with E-state index in [1.807, 2.05) is 18.2 Å². The van der Waals surface area contributed by atoms with Gasteiger partial charge in [0.25, 0.3) is 0 Å². The number of aryl methyl sites for hydroxylation is 1. The highest BCUT2D eigenvalue weighted by Crippen LogP contribution is 2.22. The van der Waals surface area contributed by atoms with E-state index < -0.39 is 0 Å². The lowest BCUT2D eigenvalue weighted by Crippen LogP contribution is -2.00. The van der Waals surface area contributed by atoms with Gasteiger partial charge in [-0.15, -0.1) is 0 Å². The maximum Gasteiger partial charge on any atom is 0.166 e. The molecule has 0 saturated carbocycles. The fraction of sp³-hybridized carbons (Fsp3) is 0.150. The number of ether oxygens (including phenoxy) is 1. The summed E-state index contributed by atoms with van der Waals surface area (Å²) in [5.41, 5.74) is 3.34. The monoisotopic (exact) mass is 334 g/mol. The lowest BCUT2D eigenvalue weighted by molar-refractivity contribution is 0.344. The highest BCUT2D eigenvalue weighted by atomic mass is 32.2. The van der Waals surface area contributed by atoms with Crippen LogP contribution in [-0.2, 0) is 0 Å². The first-order valence-corrected chi connectivity index (χ1v) is 8.97. The molecule has 3 aromatic carbocycles. The molecule has 0 fully saturated rings. The van der Waals surface area contributed by atoms with Crippen LogP contribution >= 0.6 is 11.8 Å². The molecule has 0 saturated heterocycles. The predicted octanol–water partition coefficient (Wildman–Crippen LogP) is 5.20. The summed E-state index contributed by atoms with van der Waals surface area (Å²) in [7, 11) is 0. The summed E-state index contributed by atoms with van der Waals surface area (Å²) >= 11 is 1.68. The second-order valence-electron chi connectivity index (χ2n) is 5.77. The maximum atomic E-state index is 5.87. The molecule has 24 heavy (non-hydrogen) atoms. The minimum absolute atomic E-state index is 0.652. The van der Waals surface area contributed by atoms with Crippen molar-refractivity contribution in [3.8, 4) is 5.75 Å². The molecular weight excluding hydrogens is 316 g/mol. The van der Waals surface area contributed by atoms with Crippen LogP contribution < -0.4 is 4.74 Å². The first-order valence-electron chi connectivity index (χ1n) is 7.99. The maximum absolute atomic E-state index is 5.87. The molecule has 120 valence electrons. The molecule has 0 aliphatic heterocycles. The molecule has 1 aromatic heterocycles. The third-order valence-corrected chi connectivity index (χ3v) is 4.77. The highest BCUT2D eigenvalue weighted by Gasteiger charge is 2.04. The van der Waals surface area contributed by atoms with Gasteiger partial charge in [-0.2, -0.15) is 0 Å². The number of benzene rings is 3. The molecule has 1 heterocycles. The minimum Gasteiger partial charge on any atom is -0.493 e. The Labute approximate surface area is 145 Å². The topological polar surface area (TPSA) is 37.9 Å². The van der Waals surface area contributed by atoms with Crippen molar-refractivity contribution in [3.05, 3.63) is 66.2 Å². The molecule has 0 spiro atoms. The van der Waals surface area contributed by atoms with E-state index in [4.69, 9.17) is 4.74 Å². The number of fused-ring (bicyclic) bond motifs is 2. The van der Waals surface area contributed by atoms with Crippen molar-refractivity contribution in [1.82, 2.24) is 9.97 Å². The normalized spacial score (nSPS) is 11.2. The molecule has 0 bridgehead atoms. The van der Waals surface area contributed by atoms with Gasteiger partial charge in [-0.3, -0.25) is 0 Å². The number of imidazole rings is 1. The van der Waals surface area contributed by atoms with Gasteiger partial charge in [0.05, 0.1) is 17.6 Å². The Morgan fingerprint density at radius 2 is 1.88 bits per heavy atom. The Bertz CT molecular complexity index is 993. The molecule has 0 radical (unpaired) electrons. The number of nitrogens with zero attached hydrogens (tertiary/aromatic N) is 1. The van der Waals surface area contributed by atoms with Gasteiger partial charge in [0.2, 0.25) is 0 Å². The molecule has 0 unspecified atom stereocenters. The quantitative estimate of drug-likeness (QED) is 0.403. The molecular formula is C20H18N2OS. The number of aromatic nitrogens is 2. The molecule has 4 rings (SSSR count). The zero-order chi connectivity index (χ0) is 16.4. The minimum atomic E-state index is 0.652. The van der Waals surface area contributed by atoms with Crippen LogP contribution in [0.5, 0.6) is 5.75 Å². The summed E-state index contributed by atoms with van der Waals surface area (Å²) in [4.78, 5) is 7.95. The van der Waals surface area contributed by atoms with E-state index in [-0.39, 0.29) is 0 Å². The van der Waals surface area contributed by atoms with Gasteiger partial charge in [0.1, 0.15) is 5.75 Å². The number of rotatable bonds is 5.